The molecule has 0 amide bonds. The average molecular weight is 209 g/mol. The van der Waals surface area contributed by atoms with E-state index in [-0.39, 0.29) is 6.04 Å². The highest BCUT2D eigenvalue weighted by Crippen LogP contribution is 2.27. The van der Waals surface area contributed by atoms with Crippen molar-refractivity contribution in [3.63, 3.8) is 0 Å². The molecule has 82 valence electrons. The molecule has 0 saturated heterocycles. The van der Waals surface area contributed by atoms with E-state index in [0.717, 1.165) is 25.7 Å². The van der Waals surface area contributed by atoms with E-state index >= 15 is 0 Å². The molecule has 1 saturated carbocycles. The van der Waals surface area contributed by atoms with Crippen molar-refractivity contribution in [3.05, 3.63) is 11.6 Å². The third-order valence-electron chi connectivity index (χ3n) is 2.80. The van der Waals surface area contributed by atoms with E-state index in [1.165, 1.54) is 0 Å². The molecule has 4 nitrogen and oxygen atoms in total. The molecule has 1 aliphatic carbocycles. The van der Waals surface area contributed by atoms with Crippen LogP contribution in [0.15, 0.2) is 16.6 Å². The first-order chi connectivity index (χ1) is 7.13. The lowest BCUT2D eigenvalue weighted by Gasteiger charge is -2.23. The van der Waals surface area contributed by atoms with E-state index in [9.17, 15) is 9.59 Å². The SMILES string of the molecule is CC(=CC1CCC(N=C=O)CC1)C(=O)O. The number of isocyanates is 1. The van der Waals surface area contributed by atoms with Crippen LogP contribution in [0.25, 0.3) is 0 Å². The summed E-state index contributed by atoms with van der Waals surface area (Å²) >= 11 is 0. The first kappa shape index (κ1) is 11.7. The zero-order valence-corrected chi connectivity index (χ0v) is 8.77. The van der Waals surface area contributed by atoms with Crippen molar-refractivity contribution >= 4 is 12.0 Å². The highest BCUT2D eigenvalue weighted by molar-refractivity contribution is 5.85. The minimum absolute atomic E-state index is 0.0947. The molecule has 0 unspecified atom stereocenters. The lowest BCUT2D eigenvalue weighted by Crippen LogP contribution is -2.16. The maximum Gasteiger partial charge on any atom is 0.330 e. The quantitative estimate of drug-likeness (QED) is 0.438. The van der Waals surface area contributed by atoms with Crippen LogP contribution in [0.4, 0.5) is 0 Å². The first-order valence-electron chi connectivity index (χ1n) is 5.12. The molecule has 0 atom stereocenters. The smallest absolute Gasteiger partial charge is 0.330 e. The molecule has 1 aliphatic rings. The van der Waals surface area contributed by atoms with Gasteiger partial charge in [0, 0.05) is 5.57 Å². The summed E-state index contributed by atoms with van der Waals surface area (Å²) in [7, 11) is 0. The van der Waals surface area contributed by atoms with Gasteiger partial charge in [-0.2, -0.15) is 0 Å². The molecule has 1 rings (SSSR count). The van der Waals surface area contributed by atoms with E-state index in [1.54, 1.807) is 13.0 Å². The monoisotopic (exact) mass is 209 g/mol. The molecule has 0 aromatic carbocycles. The van der Waals surface area contributed by atoms with Crippen LogP contribution in [-0.4, -0.2) is 23.2 Å². The Morgan fingerprint density at radius 3 is 2.47 bits per heavy atom. The highest BCUT2D eigenvalue weighted by Gasteiger charge is 2.19. The molecule has 0 spiro atoms. The molecule has 1 N–H and O–H groups in total. The van der Waals surface area contributed by atoms with Crippen LogP contribution in [0.5, 0.6) is 0 Å². The number of carboxylic acids is 1. The summed E-state index contributed by atoms with van der Waals surface area (Å²) in [6.45, 7) is 1.61. The lowest BCUT2D eigenvalue weighted by atomic mass is 9.85. The Hall–Kier alpha value is -1.41. The van der Waals surface area contributed by atoms with Crippen molar-refractivity contribution in [3.8, 4) is 0 Å². The Morgan fingerprint density at radius 2 is 2.00 bits per heavy atom. The fourth-order valence-corrected chi connectivity index (χ4v) is 1.90. The normalized spacial score (nSPS) is 26.9. The van der Waals surface area contributed by atoms with Crippen LogP contribution in [0.2, 0.25) is 0 Å². The minimum Gasteiger partial charge on any atom is -0.478 e. The Balaban J connectivity index is 2.47. The second-order valence-corrected chi connectivity index (χ2v) is 3.94. The third kappa shape index (κ3) is 3.68. The van der Waals surface area contributed by atoms with E-state index in [0.29, 0.717) is 11.5 Å². The lowest BCUT2D eigenvalue weighted by molar-refractivity contribution is -0.132. The largest absolute Gasteiger partial charge is 0.478 e. The number of aliphatic imine (C=N–C) groups is 1. The van der Waals surface area contributed by atoms with Crippen molar-refractivity contribution in [1.82, 2.24) is 0 Å². The first-order valence-corrected chi connectivity index (χ1v) is 5.12. The van der Waals surface area contributed by atoms with Gasteiger partial charge in [-0.1, -0.05) is 6.08 Å². The van der Waals surface area contributed by atoms with E-state index in [2.05, 4.69) is 4.99 Å². The molecule has 0 heterocycles. The zero-order chi connectivity index (χ0) is 11.3. The molecule has 0 aromatic heterocycles. The number of rotatable bonds is 3. The van der Waals surface area contributed by atoms with Crippen LogP contribution < -0.4 is 0 Å². The Morgan fingerprint density at radius 1 is 1.40 bits per heavy atom. The predicted octanol–water partition coefficient (Wildman–Crippen LogP) is 1.91. The topological polar surface area (TPSA) is 66.7 Å². The number of nitrogens with zero attached hydrogens (tertiary/aromatic N) is 1. The molecule has 0 bridgehead atoms. The van der Waals surface area contributed by atoms with Gasteiger partial charge in [-0.15, -0.1) is 0 Å². The molecular weight excluding hydrogens is 194 g/mol. The van der Waals surface area contributed by atoms with Gasteiger partial charge in [-0.05, 0) is 38.5 Å². The van der Waals surface area contributed by atoms with Crippen LogP contribution in [0.3, 0.4) is 0 Å². The van der Waals surface area contributed by atoms with Crippen LogP contribution >= 0.6 is 0 Å². The van der Waals surface area contributed by atoms with Gasteiger partial charge >= 0.3 is 5.97 Å². The second kappa shape index (κ2) is 5.47. The van der Waals surface area contributed by atoms with Crippen LogP contribution in [0.1, 0.15) is 32.6 Å². The van der Waals surface area contributed by atoms with Crippen molar-refractivity contribution in [1.29, 1.82) is 0 Å². The Kier molecular flexibility index (Phi) is 4.25. The van der Waals surface area contributed by atoms with Crippen molar-refractivity contribution in [2.75, 3.05) is 0 Å². The number of aliphatic carboxylic acids is 1. The van der Waals surface area contributed by atoms with Gasteiger partial charge in [-0.3, -0.25) is 0 Å². The predicted molar refractivity (Wildman–Crippen MR) is 55.3 cm³/mol. The van der Waals surface area contributed by atoms with E-state index in [4.69, 9.17) is 5.11 Å². The standard InChI is InChI=1S/C11H15NO3/c1-8(11(14)15)6-9-2-4-10(5-3-9)12-7-13/h6,9-10H,2-5H2,1H3,(H,14,15). The summed E-state index contributed by atoms with van der Waals surface area (Å²) in [6.07, 6.45) is 6.89. The van der Waals surface area contributed by atoms with E-state index in [1.807, 2.05) is 6.08 Å². The summed E-state index contributed by atoms with van der Waals surface area (Å²) in [5, 5.41) is 8.71. The van der Waals surface area contributed by atoms with Crippen molar-refractivity contribution in [2.45, 2.75) is 38.6 Å². The summed E-state index contributed by atoms with van der Waals surface area (Å²) in [6, 6.07) is 0.0947. The van der Waals surface area contributed by atoms with Gasteiger partial charge in [0.05, 0.1) is 6.04 Å². The fourth-order valence-electron chi connectivity index (χ4n) is 1.90. The van der Waals surface area contributed by atoms with Gasteiger partial charge < -0.3 is 5.11 Å². The summed E-state index contributed by atoms with van der Waals surface area (Å²) < 4.78 is 0. The third-order valence-corrected chi connectivity index (χ3v) is 2.80. The summed E-state index contributed by atoms with van der Waals surface area (Å²) in [5.74, 6) is -0.540. The number of carbonyl (C=O) groups excluding carboxylic acids is 1. The summed E-state index contributed by atoms with van der Waals surface area (Å²) in [4.78, 5) is 24.3. The molecule has 0 aliphatic heterocycles. The van der Waals surface area contributed by atoms with Gasteiger partial charge in [0.2, 0.25) is 6.08 Å². The second-order valence-electron chi connectivity index (χ2n) is 3.94. The maximum absolute atomic E-state index is 10.6. The van der Waals surface area contributed by atoms with Crippen LogP contribution in [0, 0.1) is 5.92 Å². The molecule has 1 fully saturated rings. The molecule has 4 heteroatoms. The number of hydrogen-bond acceptors (Lipinski definition) is 3. The van der Waals surface area contributed by atoms with Gasteiger partial charge in [0.1, 0.15) is 0 Å². The minimum atomic E-state index is -0.858. The van der Waals surface area contributed by atoms with Crippen LogP contribution in [-0.2, 0) is 9.59 Å². The molecular formula is C11H15NO3. The number of allylic oxidation sites excluding steroid dienone is 1. The van der Waals surface area contributed by atoms with E-state index < -0.39 is 5.97 Å². The Bertz CT molecular complexity index is 308. The van der Waals surface area contributed by atoms with Crippen molar-refractivity contribution < 1.29 is 14.7 Å². The molecule has 0 aromatic rings. The molecule has 0 radical (unpaired) electrons. The number of hydrogen-bond donors (Lipinski definition) is 1. The van der Waals surface area contributed by atoms with Gasteiger partial charge in [0.15, 0.2) is 0 Å². The van der Waals surface area contributed by atoms with Gasteiger partial charge in [-0.25, -0.2) is 14.6 Å². The summed E-state index contributed by atoms with van der Waals surface area (Å²) in [5.41, 5.74) is 0.400. The van der Waals surface area contributed by atoms with Crippen molar-refractivity contribution in [2.24, 2.45) is 10.9 Å². The highest BCUT2D eigenvalue weighted by atomic mass is 16.4. The molecule has 15 heavy (non-hydrogen) atoms. The number of carbonyl (C=O) groups is 1. The van der Waals surface area contributed by atoms with Gasteiger partial charge in [0.25, 0.3) is 0 Å². The zero-order valence-electron chi connectivity index (χ0n) is 8.77. The Labute approximate surface area is 88.7 Å². The maximum atomic E-state index is 10.6. The fraction of sp³-hybridized carbons (Fsp3) is 0.636. The average Bonchev–Trinajstić information content (AvgIpc) is 2.21. The number of carboxylic acid groups (broad SMARTS) is 1.